The summed E-state index contributed by atoms with van der Waals surface area (Å²) in [5.41, 5.74) is 0. The van der Waals surface area contributed by atoms with Gasteiger partial charge in [-0.2, -0.15) is 0 Å². The molecule has 1 amide bonds. The van der Waals surface area contributed by atoms with E-state index >= 15 is 0 Å². The fourth-order valence-electron chi connectivity index (χ4n) is 2.57. The van der Waals surface area contributed by atoms with E-state index in [-0.39, 0.29) is 5.91 Å². The fraction of sp³-hybridized carbons (Fsp3) is 0.625. The lowest BCUT2D eigenvalue weighted by atomic mass is 10.3. The second-order valence-corrected chi connectivity index (χ2v) is 5.85. The van der Waals surface area contributed by atoms with E-state index in [0.717, 1.165) is 44.4 Å². The number of furan rings is 1. The highest BCUT2D eigenvalue weighted by Crippen LogP contribution is 2.05. The highest BCUT2D eigenvalue weighted by molar-refractivity contribution is 5.80. The molecule has 1 N–H and O–H groups in total. The number of rotatable bonds is 5. The monoisotopic (exact) mass is 321 g/mol. The van der Waals surface area contributed by atoms with Gasteiger partial charge in [0.1, 0.15) is 5.76 Å². The number of carbonyl (C=O) groups is 1. The lowest BCUT2D eigenvalue weighted by molar-refractivity contribution is -0.129. The van der Waals surface area contributed by atoms with E-state index in [0.29, 0.717) is 13.0 Å². The lowest BCUT2D eigenvalue weighted by Gasteiger charge is -2.36. The summed E-state index contributed by atoms with van der Waals surface area (Å²) in [5.74, 6) is 1.97. The zero-order valence-electron chi connectivity index (χ0n) is 14.3. The van der Waals surface area contributed by atoms with Crippen molar-refractivity contribution < 1.29 is 9.21 Å². The molecule has 2 rings (SSSR count). The van der Waals surface area contributed by atoms with Crippen LogP contribution in [0.5, 0.6) is 0 Å². The Labute approximate surface area is 137 Å². The van der Waals surface area contributed by atoms with Gasteiger partial charge in [0.15, 0.2) is 5.96 Å². The van der Waals surface area contributed by atoms with Crippen LogP contribution in [-0.4, -0.2) is 80.4 Å². The minimum absolute atomic E-state index is 0.184. The van der Waals surface area contributed by atoms with Crippen molar-refractivity contribution >= 4 is 11.9 Å². The second kappa shape index (κ2) is 8.57. The zero-order chi connectivity index (χ0) is 16.7. The molecule has 7 nitrogen and oxygen atoms in total. The molecular weight excluding hydrogens is 294 g/mol. The molecule has 0 radical (unpaired) electrons. The van der Waals surface area contributed by atoms with Gasteiger partial charge in [-0.3, -0.25) is 14.7 Å². The standard InChI is InChI=1S/C16H27N5O2/c1-17-16(18-13-14-5-4-12-23-14)21-10-8-20(9-11-21)7-6-15(22)19(2)3/h4-5,12H,6-11,13H2,1-3H3,(H,17,18). The van der Waals surface area contributed by atoms with Gasteiger partial charge >= 0.3 is 0 Å². The van der Waals surface area contributed by atoms with Crippen LogP contribution in [0.25, 0.3) is 0 Å². The first-order chi connectivity index (χ1) is 11.1. The third-order valence-electron chi connectivity index (χ3n) is 4.03. The first-order valence-corrected chi connectivity index (χ1v) is 8.00. The molecule has 1 saturated heterocycles. The SMILES string of the molecule is CN=C(NCc1ccco1)N1CCN(CCC(=O)N(C)C)CC1. The van der Waals surface area contributed by atoms with Gasteiger partial charge < -0.3 is 19.5 Å². The summed E-state index contributed by atoms with van der Waals surface area (Å²) in [6.07, 6.45) is 2.26. The normalized spacial score (nSPS) is 16.5. The number of hydrogen-bond acceptors (Lipinski definition) is 4. The Bertz CT molecular complexity index is 505. The van der Waals surface area contributed by atoms with Crippen LogP contribution >= 0.6 is 0 Å². The molecule has 0 aromatic carbocycles. The zero-order valence-corrected chi connectivity index (χ0v) is 14.3. The number of carbonyl (C=O) groups excluding carboxylic acids is 1. The van der Waals surface area contributed by atoms with Crippen molar-refractivity contribution in [3.63, 3.8) is 0 Å². The van der Waals surface area contributed by atoms with Crippen LogP contribution in [0, 0.1) is 0 Å². The van der Waals surface area contributed by atoms with E-state index in [1.54, 1.807) is 32.3 Å². The summed E-state index contributed by atoms with van der Waals surface area (Å²) < 4.78 is 5.33. The summed E-state index contributed by atoms with van der Waals surface area (Å²) in [5, 5.41) is 3.32. The topological polar surface area (TPSA) is 64.3 Å². The molecule has 0 aliphatic carbocycles. The maximum atomic E-state index is 11.7. The van der Waals surface area contributed by atoms with Crippen molar-refractivity contribution in [2.45, 2.75) is 13.0 Å². The first kappa shape index (κ1) is 17.3. The van der Waals surface area contributed by atoms with E-state index in [1.807, 2.05) is 12.1 Å². The van der Waals surface area contributed by atoms with Crippen molar-refractivity contribution in [3.8, 4) is 0 Å². The van der Waals surface area contributed by atoms with E-state index in [2.05, 4.69) is 20.1 Å². The van der Waals surface area contributed by atoms with E-state index in [4.69, 9.17) is 4.42 Å². The summed E-state index contributed by atoms with van der Waals surface area (Å²) in [4.78, 5) is 22.2. The van der Waals surface area contributed by atoms with Gasteiger partial charge in [0.05, 0.1) is 12.8 Å². The number of hydrogen-bond donors (Lipinski definition) is 1. The van der Waals surface area contributed by atoms with E-state index in [1.165, 1.54) is 0 Å². The fourth-order valence-corrected chi connectivity index (χ4v) is 2.57. The number of piperazine rings is 1. The minimum atomic E-state index is 0.184. The maximum absolute atomic E-state index is 11.7. The van der Waals surface area contributed by atoms with Crippen LogP contribution in [0.1, 0.15) is 12.2 Å². The Morgan fingerprint density at radius 1 is 1.35 bits per heavy atom. The number of nitrogens with zero attached hydrogens (tertiary/aromatic N) is 4. The average Bonchev–Trinajstić information content (AvgIpc) is 3.07. The molecule has 128 valence electrons. The van der Waals surface area contributed by atoms with Gasteiger partial charge in [-0.05, 0) is 12.1 Å². The third kappa shape index (κ3) is 5.28. The van der Waals surface area contributed by atoms with Gasteiger partial charge in [0.2, 0.25) is 5.91 Å². The van der Waals surface area contributed by atoms with E-state index < -0.39 is 0 Å². The number of aliphatic imine (C=N–C) groups is 1. The van der Waals surface area contributed by atoms with Gasteiger partial charge in [-0.25, -0.2) is 0 Å². The predicted octanol–water partition coefficient (Wildman–Crippen LogP) is 0.451. The van der Waals surface area contributed by atoms with Crippen molar-refractivity contribution in [1.29, 1.82) is 0 Å². The first-order valence-electron chi connectivity index (χ1n) is 8.00. The molecule has 1 aliphatic rings. The van der Waals surface area contributed by atoms with Gasteiger partial charge in [-0.15, -0.1) is 0 Å². The van der Waals surface area contributed by atoms with E-state index in [9.17, 15) is 4.79 Å². The van der Waals surface area contributed by atoms with Crippen LogP contribution in [0.3, 0.4) is 0 Å². The highest BCUT2D eigenvalue weighted by Gasteiger charge is 2.20. The third-order valence-corrected chi connectivity index (χ3v) is 4.03. The molecule has 1 aromatic heterocycles. The van der Waals surface area contributed by atoms with Crippen LogP contribution in [0.2, 0.25) is 0 Å². The molecule has 1 aromatic rings. The van der Waals surface area contributed by atoms with Crippen LogP contribution in [0.4, 0.5) is 0 Å². The summed E-state index contributed by atoms with van der Waals surface area (Å²) in [6.45, 7) is 5.17. The highest BCUT2D eigenvalue weighted by atomic mass is 16.3. The molecule has 2 heterocycles. The number of guanidine groups is 1. The van der Waals surface area contributed by atoms with Crippen LogP contribution < -0.4 is 5.32 Å². The molecule has 1 fully saturated rings. The molecule has 7 heteroatoms. The van der Waals surface area contributed by atoms with Gasteiger partial charge in [0.25, 0.3) is 0 Å². The summed E-state index contributed by atoms with van der Waals surface area (Å²) >= 11 is 0. The Hall–Kier alpha value is -2.02. The molecule has 1 aliphatic heterocycles. The summed E-state index contributed by atoms with van der Waals surface area (Å²) in [6, 6.07) is 3.83. The Kier molecular flexibility index (Phi) is 6.46. The Morgan fingerprint density at radius 2 is 2.09 bits per heavy atom. The summed E-state index contributed by atoms with van der Waals surface area (Å²) in [7, 11) is 5.40. The average molecular weight is 321 g/mol. The molecule has 0 spiro atoms. The van der Waals surface area contributed by atoms with Crippen molar-refractivity contribution in [3.05, 3.63) is 24.2 Å². The quantitative estimate of drug-likeness (QED) is 0.630. The number of nitrogens with one attached hydrogen (secondary N) is 1. The lowest BCUT2D eigenvalue weighted by Crippen LogP contribution is -2.52. The molecule has 0 unspecified atom stereocenters. The predicted molar refractivity (Wildman–Crippen MR) is 90.2 cm³/mol. The second-order valence-electron chi connectivity index (χ2n) is 5.85. The van der Waals surface area contributed by atoms with Crippen molar-refractivity contribution in [1.82, 2.24) is 20.0 Å². The molecular formula is C16H27N5O2. The molecule has 0 saturated carbocycles. The number of amides is 1. The Morgan fingerprint density at radius 3 is 2.65 bits per heavy atom. The molecule has 0 atom stereocenters. The van der Waals surface area contributed by atoms with Crippen LogP contribution in [0.15, 0.2) is 27.8 Å². The van der Waals surface area contributed by atoms with Gasteiger partial charge in [-0.1, -0.05) is 0 Å². The Balaban J connectivity index is 1.73. The van der Waals surface area contributed by atoms with Crippen molar-refractivity contribution in [2.24, 2.45) is 4.99 Å². The largest absolute Gasteiger partial charge is 0.467 e. The van der Waals surface area contributed by atoms with Crippen LogP contribution in [-0.2, 0) is 11.3 Å². The smallest absolute Gasteiger partial charge is 0.223 e. The molecule has 0 bridgehead atoms. The molecule has 23 heavy (non-hydrogen) atoms. The van der Waals surface area contributed by atoms with Crippen molar-refractivity contribution in [2.75, 3.05) is 53.9 Å². The minimum Gasteiger partial charge on any atom is -0.467 e. The van der Waals surface area contributed by atoms with Gasteiger partial charge in [0, 0.05) is 60.3 Å². The maximum Gasteiger partial charge on any atom is 0.223 e.